The van der Waals surface area contributed by atoms with Gasteiger partial charge in [0.05, 0.1) is 5.56 Å². The number of halogens is 1. The monoisotopic (exact) mass is 315 g/mol. The molecule has 0 saturated heterocycles. The average molecular weight is 316 g/mol. The van der Waals surface area contributed by atoms with Gasteiger partial charge in [-0.25, -0.2) is 4.79 Å². The first kappa shape index (κ1) is 14.2. The van der Waals surface area contributed by atoms with Crippen molar-refractivity contribution < 1.29 is 14.1 Å². The van der Waals surface area contributed by atoms with Crippen LogP contribution in [0.1, 0.15) is 16.2 Å². The van der Waals surface area contributed by atoms with Gasteiger partial charge in [-0.05, 0) is 24.3 Å². The lowest BCUT2D eigenvalue weighted by atomic mass is 10.2. The maximum Gasteiger partial charge on any atom is 0.340 e. The maximum absolute atomic E-state index is 11.8. The summed E-state index contributed by atoms with van der Waals surface area (Å²) in [6.07, 6.45) is 3.00. The number of pyridine rings is 1. The van der Waals surface area contributed by atoms with Crippen LogP contribution >= 0.6 is 11.6 Å². The van der Waals surface area contributed by atoms with E-state index >= 15 is 0 Å². The Morgan fingerprint density at radius 2 is 2.18 bits per heavy atom. The Labute approximate surface area is 130 Å². The summed E-state index contributed by atoms with van der Waals surface area (Å²) < 4.78 is 10.1. The molecular formula is C15H10ClN3O3. The quantitative estimate of drug-likeness (QED) is 0.688. The molecule has 2 heterocycles. The first-order valence-electron chi connectivity index (χ1n) is 6.38. The zero-order valence-corrected chi connectivity index (χ0v) is 12.0. The molecule has 0 aliphatic rings. The Hall–Kier alpha value is -2.73. The smallest absolute Gasteiger partial charge is 0.340 e. The van der Waals surface area contributed by atoms with Gasteiger partial charge in [-0.15, -0.1) is 0 Å². The molecule has 110 valence electrons. The molecule has 22 heavy (non-hydrogen) atoms. The number of esters is 1. The Kier molecular flexibility index (Phi) is 4.11. The van der Waals surface area contributed by atoms with Crippen molar-refractivity contribution in [1.29, 1.82) is 0 Å². The zero-order valence-electron chi connectivity index (χ0n) is 11.3. The van der Waals surface area contributed by atoms with Gasteiger partial charge in [0.15, 0.2) is 6.61 Å². The summed E-state index contributed by atoms with van der Waals surface area (Å²) in [6.45, 7) is -0.110. The van der Waals surface area contributed by atoms with Gasteiger partial charge in [-0.2, -0.15) is 4.98 Å². The highest BCUT2D eigenvalue weighted by atomic mass is 35.5. The van der Waals surface area contributed by atoms with Crippen molar-refractivity contribution in [3.8, 4) is 11.4 Å². The Balaban J connectivity index is 1.66. The molecule has 0 fully saturated rings. The number of carbonyl (C=O) groups excluding carboxylic acids is 1. The van der Waals surface area contributed by atoms with Crippen molar-refractivity contribution in [2.45, 2.75) is 6.61 Å². The van der Waals surface area contributed by atoms with E-state index in [0.717, 1.165) is 5.56 Å². The van der Waals surface area contributed by atoms with Gasteiger partial charge < -0.3 is 9.26 Å². The lowest BCUT2D eigenvalue weighted by Gasteiger charge is -2.00. The first-order chi connectivity index (χ1) is 10.7. The van der Waals surface area contributed by atoms with Crippen LogP contribution in [-0.4, -0.2) is 21.1 Å². The molecule has 0 bridgehead atoms. The maximum atomic E-state index is 11.8. The van der Waals surface area contributed by atoms with Crippen molar-refractivity contribution in [2.24, 2.45) is 0 Å². The lowest BCUT2D eigenvalue weighted by Crippen LogP contribution is -2.05. The minimum Gasteiger partial charge on any atom is -0.452 e. The Morgan fingerprint density at radius 1 is 1.27 bits per heavy atom. The van der Waals surface area contributed by atoms with Crippen LogP contribution < -0.4 is 0 Å². The minimum absolute atomic E-state index is 0.110. The summed E-state index contributed by atoms with van der Waals surface area (Å²) >= 11 is 5.91. The SMILES string of the molecule is O=C(OCc1nc(-c2cccc(Cl)c2)no1)c1cccnc1. The highest BCUT2D eigenvalue weighted by molar-refractivity contribution is 6.30. The average Bonchev–Trinajstić information content (AvgIpc) is 3.02. The van der Waals surface area contributed by atoms with E-state index in [9.17, 15) is 4.79 Å². The topological polar surface area (TPSA) is 78.1 Å². The fourth-order valence-electron chi connectivity index (χ4n) is 1.75. The van der Waals surface area contributed by atoms with Gasteiger partial charge in [-0.3, -0.25) is 4.98 Å². The van der Waals surface area contributed by atoms with E-state index in [1.54, 1.807) is 36.5 Å². The standard InChI is InChI=1S/C15H10ClN3O3/c16-12-5-1-3-10(7-12)14-18-13(22-19-14)9-21-15(20)11-4-2-6-17-8-11/h1-8H,9H2. The second kappa shape index (κ2) is 6.36. The first-order valence-corrected chi connectivity index (χ1v) is 6.76. The van der Waals surface area contributed by atoms with Crippen LogP contribution in [0.3, 0.4) is 0 Å². The number of nitrogens with zero attached hydrogens (tertiary/aromatic N) is 3. The summed E-state index contributed by atoms with van der Waals surface area (Å²) in [6, 6.07) is 10.3. The van der Waals surface area contributed by atoms with Gasteiger partial charge >= 0.3 is 5.97 Å². The highest BCUT2D eigenvalue weighted by Gasteiger charge is 2.12. The molecule has 0 saturated carbocycles. The van der Waals surface area contributed by atoms with Crippen molar-refractivity contribution in [3.05, 3.63) is 65.3 Å². The van der Waals surface area contributed by atoms with Crippen LogP contribution in [0, 0.1) is 0 Å². The van der Waals surface area contributed by atoms with Gasteiger partial charge in [0.1, 0.15) is 0 Å². The molecule has 0 aliphatic carbocycles. The van der Waals surface area contributed by atoms with Crippen molar-refractivity contribution in [1.82, 2.24) is 15.1 Å². The van der Waals surface area contributed by atoms with E-state index in [1.807, 2.05) is 6.07 Å². The number of rotatable bonds is 4. The van der Waals surface area contributed by atoms with E-state index in [-0.39, 0.29) is 12.5 Å². The second-order valence-corrected chi connectivity index (χ2v) is 4.78. The van der Waals surface area contributed by atoms with Crippen LogP contribution in [0.2, 0.25) is 5.02 Å². The van der Waals surface area contributed by atoms with E-state index < -0.39 is 5.97 Å². The Bertz CT molecular complexity index is 789. The van der Waals surface area contributed by atoms with Crippen LogP contribution in [0.25, 0.3) is 11.4 Å². The van der Waals surface area contributed by atoms with E-state index in [2.05, 4.69) is 15.1 Å². The normalized spacial score (nSPS) is 10.4. The molecule has 0 spiro atoms. The molecule has 0 unspecified atom stereocenters. The van der Waals surface area contributed by atoms with Gasteiger partial charge in [0, 0.05) is 23.0 Å². The molecule has 0 radical (unpaired) electrons. The van der Waals surface area contributed by atoms with Crippen LogP contribution in [0.5, 0.6) is 0 Å². The summed E-state index contributed by atoms with van der Waals surface area (Å²) in [5.74, 6) is 0.0812. The zero-order chi connectivity index (χ0) is 15.4. The molecule has 7 heteroatoms. The number of hydrogen-bond donors (Lipinski definition) is 0. The molecule has 3 rings (SSSR count). The number of aromatic nitrogens is 3. The minimum atomic E-state index is -0.504. The van der Waals surface area contributed by atoms with E-state index in [4.69, 9.17) is 20.9 Å². The molecule has 2 aromatic heterocycles. The number of hydrogen-bond acceptors (Lipinski definition) is 6. The Morgan fingerprint density at radius 3 is 2.95 bits per heavy atom. The molecule has 3 aromatic rings. The number of ether oxygens (including phenoxy) is 1. The predicted octanol–water partition coefficient (Wildman–Crippen LogP) is 3.14. The molecule has 0 aliphatic heterocycles. The fraction of sp³-hybridized carbons (Fsp3) is 0.0667. The predicted molar refractivity (Wildman–Crippen MR) is 78.1 cm³/mol. The van der Waals surface area contributed by atoms with Gasteiger partial charge in [0.25, 0.3) is 5.89 Å². The number of carbonyl (C=O) groups is 1. The second-order valence-electron chi connectivity index (χ2n) is 4.34. The third-order valence-corrected chi connectivity index (χ3v) is 3.01. The molecule has 0 amide bonds. The van der Waals surface area contributed by atoms with Crippen molar-refractivity contribution in [2.75, 3.05) is 0 Å². The molecule has 6 nitrogen and oxygen atoms in total. The van der Waals surface area contributed by atoms with Crippen molar-refractivity contribution >= 4 is 17.6 Å². The van der Waals surface area contributed by atoms with Crippen LogP contribution in [0.15, 0.2) is 53.3 Å². The van der Waals surface area contributed by atoms with Gasteiger partial charge in [0.2, 0.25) is 5.82 Å². The third kappa shape index (κ3) is 3.29. The lowest BCUT2D eigenvalue weighted by molar-refractivity contribution is 0.0429. The fourth-order valence-corrected chi connectivity index (χ4v) is 1.94. The van der Waals surface area contributed by atoms with E-state index in [1.165, 1.54) is 6.20 Å². The molecule has 0 N–H and O–H groups in total. The molecule has 1 aromatic carbocycles. The largest absolute Gasteiger partial charge is 0.452 e. The summed E-state index contributed by atoms with van der Waals surface area (Å²) in [4.78, 5) is 19.8. The summed E-state index contributed by atoms with van der Waals surface area (Å²) in [5, 5.41) is 4.41. The summed E-state index contributed by atoms with van der Waals surface area (Å²) in [5.41, 5.74) is 1.08. The number of benzene rings is 1. The highest BCUT2D eigenvalue weighted by Crippen LogP contribution is 2.20. The van der Waals surface area contributed by atoms with Crippen molar-refractivity contribution in [3.63, 3.8) is 0 Å². The van der Waals surface area contributed by atoms with Crippen LogP contribution in [0.4, 0.5) is 0 Å². The molecule has 0 atom stereocenters. The molecular weight excluding hydrogens is 306 g/mol. The third-order valence-electron chi connectivity index (χ3n) is 2.77. The van der Waals surface area contributed by atoms with E-state index in [0.29, 0.717) is 16.4 Å². The summed E-state index contributed by atoms with van der Waals surface area (Å²) in [7, 11) is 0. The van der Waals surface area contributed by atoms with Gasteiger partial charge in [-0.1, -0.05) is 28.9 Å². The van der Waals surface area contributed by atoms with Crippen LogP contribution in [-0.2, 0) is 11.3 Å².